The van der Waals surface area contributed by atoms with Crippen LogP contribution in [0.3, 0.4) is 0 Å². The third-order valence-electron chi connectivity index (χ3n) is 5.36. The van der Waals surface area contributed by atoms with Crippen LogP contribution < -0.4 is 14.8 Å². The summed E-state index contributed by atoms with van der Waals surface area (Å²) in [6, 6.07) is 12.9. The minimum Gasteiger partial charge on any atom is -0.497 e. The first-order valence-electron chi connectivity index (χ1n) is 10.3. The zero-order chi connectivity index (χ0) is 22.5. The summed E-state index contributed by atoms with van der Waals surface area (Å²) in [4.78, 5) is 21.6. The van der Waals surface area contributed by atoms with E-state index in [1.165, 1.54) is 0 Å². The molecular weight excluding hydrogens is 448 g/mol. The van der Waals surface area contributed by atoms with Gasteiger partial charge in [-0.25, -0.2) is 9.78 Å². The van der Waals surface area contributed by atoms with Gasteiger partial charge in [0.25, 0.3) is 0 Å². The molecule has 4 rings (SSSR count). The van der Waals surface area contributed by atoms with Crippen molar-refractivity contribution < 1.29 is 14.3 Å². The Kier molecular flexibility index (Phi) is 7.14. The summed E-state index contributed by atoms with van der Waals surface area (Å²) in [5, 5.41) is 6.60. The van der Waals surface area contributed by atoms with E-state index in [1.807, 2.05) is 29.2 Å². The SMILES string of the molecule is COc1ccc(-c2csc(CN3CCN(C(=O)Nc4cc(Cl)ccc4OC)CC3)n2)cc1. The Balaban J connectivity index is 1.30. The van der Waals surface area contributed by atoms with E-state index >= 15 is 0 Å². The van der Waals surface area contributed by atoms with Gasteiger partial charge in [0, 0.05) is 42.1 Å². The summed E-state index contributed by atoms with van der Waals surface area (Å²) in [5.41, 5.74) is 2.62. The summed E-state index contributed by atoms with van der Waals surface area (Å²) in [6.07, 6.45) is 0. The minimum atomic E-state index is -0.152. The Bertz CT molecular complexity index is 1070. The van der Waals surface area contributed by atoms with Crippen LogP contribution in [-0.2, 0) is 6.54 Å². The van der Waals surface area contributed by atoms with Crippen LogP contribution in [0, 0.1) is 0 Å². The van der Waals surface area contributed by atoms with E-state index in [9.17, 15) is 4.79 Å². The van der Waals surface area contributed by atoms with E-state index < -0.39 is 0 Å². The molecule has 0 spiro atoms. The quantitative estimate of drug-likeness (QED) is 0.556. The number of benzene rings is 2. The van der Waals surface area contributed by atoms with Gasteiger partial charge in [-0.15, -0.1) is 11.3 Å². The number of aromatic nitrogens is 1. The highest BCUT2D eigenvalue weighted by Gasteiger charge is 2.22. The molecule has 3 aromatic rings. The number of hydrogen-bond donors (Lipinski definition) is 1. The van der Waals surface area contributed by atoms with Crippen LogP contribution in [0.2, 0.25) is 5.02 Å². The van der Waals surface area contributed by atoms with Crippen molar-refractivity contribution in [3.8, 4) is 22.8 Å². The van der Waals surface area contributed by atoms with E-state index in [-0.39, 0.29) is 6.03 Å². The summed E-state index contributed by atoms with van der Waals surface area (Å²) >= 11 is 7.71. The maximum absolute atomic E-state index is 12.7. The van der Waals surface area contributed by atoms with Gasteiger partial charge in [-0.1, -0.05) is 11.6 Å². The lowest BCUT2D eigenvalue weighted by molar-refractivity contribution is 0.143. The third kappa shape index (κ3) is 5.32. The fourth-order valence-electron chi connectivity index (χ4n) is 3.55. The van der Waals surface area contributed by atoms with Gasteiger partial charge < -0.3 is 19.7 Å². The minimum absolute atomic E-state index is 0.152. The molecule has 0 unspecified atom stereocenters. The monoisotopic (exact) mass is 472 g/mol. The van der Waals surface area contributed by atoms with E-state index in [0.29, 0.717) is 29.5 Å². The van der Waals surface area contributed by atoms with Crippen LogP contribution in [0.25, 0.3) is 11.3 Å². The molecule has 0 aliphatic carbocycles. The molecule has 2 amide bonds. The topological polar surface area (TPSA) is 66.9 Å². The lowest BCUT2D eigenvalue weighted by atomic mass is 10.2. The van der Waals surface area contributed by atoms with Crippen LogP contribution in [0.5, 0.6) is 11.5 Å². The number of methoxy groups -OCH3 is 2. The third-order valence-corrected chi connectivity index (χ3v) is 6.43. The van der Waals surface area contributed by atoms with E-state index in [2.05, 4.69) is 15.6 Å². The molecule has 1 aliphatic heterocycles. The van der Waals surface area contributed by atoms with Crippen molar-refractivity contribution in [2.45, 2.75) is 6.54 Å². The number of rotatable bonds is 6. The highest BCUT2D eigenvalue weighted by Crippen LogP contribution is 2.28. The van der Waals surface area contributed by atoms with Crippen molar-refractivity contribution in [3.05, 3.63) is 57.9 Å². The maximum atomic E-state index is 12.7. The summed E-state index contributed by atoms with van der Waals surface area (Å²) in [6.45, 7) is 3.64. The van der Waals surface area contributed by atoms with Gasteiger partial charge in [-0.3, -0.25) is 4.90 Å². The number of ether oxygens (including phenoxy) is 2. The molecule has 168 valence electrons. The van der Waals surface area contributed by atoms with Gasteiger partial charge in [0.05, 0.1) is 32.1 Å². The molecule has 0 atom stereocenters. The van der Waals surface area contributed by atoms with Crippen molar-refractivity contribution in [1.82, 2.24) is 14.8 Å². The second-order valence-corrected chi connectivity index (χ2v) is 8.77. The highest BCUT2D eigenvalue weighted by molar-refractivity contribution is 7.09. The Morgan fingerprint density at radius 2 is 1.84 bits per heavy atom. The molecule has 1 fully saturated rings. The van der Waals surface area contributed by atoms with Crippen molar-refractivity contribution in [2.24, 2.45) is 0 Å². The fourth-order valence-corrected chi connectivity index (χ4v) is 4.57. The average molecular weight is 473 g/mol. The van der Waals surface area contributed by atoms with Gasteiger partial charge in [-0.05, 0) is 42.5 Å². The molecule has 1 aliphatic rings. The Hall–Kier alpha value is -2.81. The first-order valence-corrected chi connectivity index (χ1v) is 11.5. The number of nitrogens with zero attached hydrogens (tertiary/aromatic N) is 3. The van der Waals surface area contributed by atoms with Crippen molar-refractivity contribution in [1.29, 1.82) is 0 Å². The zero-order valence-corrected chi connectivity index (χ0v) is 19.6. The smallest absolute Gasteiger partial charge is 0.322 e. The molecule has 9 heteroatoms. The number of nitrogens with one attached hydrogen (secondary N) is 1. The van der Waals surface area contributed by atoms with Crippen LogP contribution in [0.1, 0.15) is 5.01 Å². The lowest BCUT2D eigenvalue weighted by Gasteiger charge is -2.34. The molecule has 7 nitrogen and oxygen atoms in total. The molecule has 1 N–H and O–H groups in total. The van der Waals surface area contributed by atoms with Gasteiger partial charge >= 0.3 is 6.03 Å². The second-order valence-electron chi connectivity index (χ2n) is 7.39. The van der Waals surface area contributed by atoms with Crippen molar-refractivity contribution in [2.75, 3.05) is 45.7 Å². The molecule has 1 saturated heterocycles. The van der Waals surface area contributed by atoms with Crippen LogP contribution >= 0.6 is 22.9 Å². The fraction of sp³-hybridized carbons (Fsp3) is 0.304. The number of piperazine rings is 1. The molecule has 2 heterocycles. The Morgan fingerprint density at radius 1 is 1.09 bits per heavy atom. The van der Waals surface area contributed by atoms with Gasteiger partial charge in [-0.2, -0.15) is 0 Å². The molecule has 2 aromatic carbocycles. The van der Waals surface area contributed by atoms with Crippen LogP contribution in [0.4, 0.5) is 10.5 Å². The first-order chi connectivity index (χ1) is 15.6. The predicted molar refractivity (Wildman–Crippen MR) is 128 cm³/mol. The number of carbonyl (C=O) groups is 1. The standard InChI is InChI=1S/C23H25ClN4O3S/c1-30-18-6-3-16(4-7-18)20-15-32-22(25-20)14-27-9-11-28(12-10-27)23(29)26-19-13-17(24)5-8-21(19)31-2/h3-8,13,15H,9-12,14H2,1-2H3,(H,26,29). The lowest BCUT2D eigenvalue weighted by Crippen LogP contribution is -2.49. The molecule has 0 saturated carbocycles. The molecule has 0 bridgehead atoms. The van der Waals surface area contributed by atoms with Crippen LogP contribution in [-0.4, -0.2) is 61.2 Å². The van der Waals surface area contributed by atoms with E-state index in [1.54, 1.807) is 43.8 Å². The Labute approximate surface area is 196 Å². The van der Waals surface area contributed by atoms with Gasteiger partial charge in [0.1, 0.15) is 16.5 Å². The summed E-state index contributed by atoms with van der Waals surface area (Å²) in [5.74, 6) is 1.41. The second kappa shape index (κ2) is 10.2. The molecule has 32 heavy (non-hydrogen) atoms. The number of carbonyl (C=O) groups excluding carboxylic acids is 1. The number of urea groups is 1. The van der Waals surface area contributed by atoms with Gasteiger partial charge in [0.2, 0.25) is 0 Å². The molecule has 1 aromatic heterocycles. The van der Waals surface area contributed by atoms with Crippen molar-refractivity contribution >= 4 is 34.7 Å². The highest BCUT2D eigenvalue weighted by atomic mass is 35.5. The summed E-state index contributed by atoms with van der Waals surface area (Å²) < 4.78 is 10.5. The maximum Gasteiger partial charge on any atom is 0.322 e. The number of hydrogen-bond acceptors (Lipinski definition) is 6. The number of amides is 2. The van der Waals surface area contributed by atoms with E-state index in [0.717, 1.165) is 41.6 Å². The van der Waals surface area contributed by atoms with Gasteiger partial charge in [0.15, 0.2) is 0 Å². The van der Waals surface area contributed by atoms with Crippen molar-refractivity contribution in [3.63, 3.8) is 0 Å². The normalized spacial score (nSPS) is 14.3. The largest absolute Gasteiger partial charge is 0.497 e. The number of halogens is 1. The number of thiazole rings is 1. The van der Waals surface area contributed by atoms with E-state index in [4.69, 9.17) is 26.1 Å². The first kappa shape index (κ1) is 22.4. The molecular formula is C23H25ClN4O3S. The zero-order valence-electron chi connectivity index (χ0n) is 18.0. The van der Waals surface area contributed by atoms with Crippen LogP contribution in [0.15, 0.2) is 47.8 Å². The summed E-state index contributed by atoms with van der Waals surface area (Å²) in [7, 11) is 3.23. The Morgan fingerprint density at radius 3 is 2.53 bits per heavy atom. The molecule has 0 radical (unpaired) electrons. The average Bonchev–Trinajstić information content (AvgIpc) is 3.28. The number of anilines is 1. The predicted octanol–water partition coefficient (Wildman–Crippen LogP) is 4.83.